The number of amides is 1. The zero-order valence-corrected chi connectivity index (χ0v) is 14.0. The van der Waals surface area contributed by atoms with Gasteiger partial charge in [0.05, 0.1) is 0 Å². The molecular weight excluding hydrogens is 292 g/mol. The Morgan fingerprint density at radius 2 is 1.78 bits per heavy atom. The Labute approximate surface area is 136 Å². The van der Waals surface area contributed by atoms with Crippen molar-refractivity contribution in [3.63, 3.8) is 0 Å². The summed E-state index contributed by atoms with van der Waals surface area (Å²) in [6.07, 6.45) is 0.670. The molecule has 0 unspecified atom stereocenters. The van der Waals surface area contributed by atoms with Crippen LogP contribution in [0.1, 0.15) is 44.6 Å². The molecule has 0 aliphatic heterocycles. The lowest BCUT2D eigenvalue weighted by Crippen LogP contribution is -2.23. The van der Waals surface area contributed by atoms with Gasteiger partial charge in [0.1, 0.15) is 18.0 Å². The van der Waals surface area contributed by atoms with Gasteiger partial charge in [-0.25, -0.2) is 4.79 Å². The van der Waals surface area contributed by atoms with Crippen LogP contribution in [-0.2, 0) is 17.8 Å². The molecule has 0 aliphatic rings. The fourth-order valence-corrected chi connectivity index (χ4v) is 2.48. The second-order valence-corrected chi connectivity index (χ2v) is 5.59. The van der Waals surface area contributed by atoms with Gasteiger partial charge in [-0.15, -0.1) is 0 Å². The van der Waals surface area contributed by atoms with E-state index in [1.54, 1.807) is 14.1 Å². The van der Waals surface area contributed by atoms with Crippen molar-refractivity contribution in [2.24, 2.45) is 0 Å². The smallest absolute Gasteiger partial charge is 0.355 e. The van der Waals surface area contributed by atoms with Crippen molar-refractivity contribution >= 4 is 11.9 Å². The van der Waals surface area contributed by atoms with Gasteiger partial charge in [-0.05, 0) is 30.0 Å². The van der Waals surface area contributed by atoms with Gasteiger partial charge < -0.3 is 14.6 Å². The molecule has 23 heavy (non-hydrogen) atoms. The number of aromatic nitrogens is 1. The average Bonchev–Trinajstić information content (AvgIpc) is 2.89. The molecule has 122 valence electrons. The van der Waals surface area contributed by atoms with Crippen LogP contribution in [0.2, 0.25) is 0 Å². The molecule has 1 amide bonds. The number of benzene rings is 1. The van der Waals surface area contributed by atoms with E-state index in [1.165, 1.54) is 4.90 Å². The third kappa shape index (κ3) is 3.62. The number of hydrogen-bond donors (Lipinski definition) is 1. The minimum absolute atomic E-state index is 0.146. The lowest BCUT2D eigenvalue weighted by molar-refractivity contribution is 0.0465. The highest BCUT2D eigenvalue weighted by atomic mass is 16.5. The van der Waals surface area contributed by atoms with E-state index in [9.17, 15) is 9.59 Å². The number of carbonyl (C=O) groups is 2. The van der Waals surface area contributed by atoms with Crippen LogP contribution < -0.4 is 0 Å². The van der Waals surface area contributed by atoms with Crippen molar-refractivity contribution in [2.45, 2.75) is 26.9 Å². The first kappa shape index (κ1) is 16.8. The van der Waals surface area contributed by atoms with Gasteiger partial charge in [0.25, 0.3) is 5.91 Å². The Bertz CT molecular complexity index is 703. The van der Waals surface area contributed by atoms with E-state index in [1.807, 2.05) is 44.2 Å². The molecule has 0 fully saturated rings. The summed E-state index contributed by atoms with van der Waals surface area (Å²) >= 11 is 0. The lowest BCUT2D eigenvalue weighted by Gasteiger charge is -2.10. The van der Waals surface area contributed by atoms with Crippen LogP contribution in [0.3, 0.4) is 0 Å². The fraction of sp³-hybridized carbons (Fsp3) is 0.333. The average molecular weight is 314 g/mol. The summed E-state index contributed by atoms with van der Waals surface area (Å²) < 4.78 is 5.35. The summed E-state index contributed by atoms with van der Waals surface area (Å²) in [5, 5.41) is 0. The predicted octanol–water partition coefficient (Wildman–Crippen LogP) is 2.94. The molecule has 5 nitrogen and oxygen atoms in total. The third-order valence-electron chi connectivity index (χ3n) is 3.77. The monoisotopic (exact) mass is 314 g/mol. The molecule has 5 heteroatoms. The van der Waals surface area contributed by atoms with Crippen molar-refractivity contribution in [3.05, 3.63) is 58.4 Å². The second-order valence-electron chi connectivity index (χ2n) is 5.59. The van der Waals surface area contributed by atoms with E-state index in [2.05, 4.69) is 4.98 Å². The van der Waals surface area contributed by atoms with Gasteiger partial charge >= 0.3 is 5.97 Å². The quantitative estimate of drug-likeness (QED) is 0.863. The Balaban J connectivity index is 2.22. The van der Waals surface area contributed by atoms with Crippen molar-refractivity contribution < 1.29 is 14.3 Å². The summed E-state index contributed by atoms with van der Waals surface area (Å²) in [5.74, 6) is -0.592. The summed E-state index contributed by atoms with van der Waals surface area (Å²) in [7, 11) is 3.37. The van der Waals surface area contributed by atoms with Gasteiger partial charge in [-0.2, -0.15) is 0 Å². The first-order valence-electron chi connectivity index (χ1n) is 7.59. The second kappa shape index (κ2) is 7.13. The molecule has 0 atom stereocenters. The molecular formula is C18H22N2O3. The molecule has 0 radical (unpaired) electrons. The minimum Gasteiger partial charge on any atom is -0.456 e. The Morgan fingerprint density at radius 1 is 1.13 bits per heavy atom. The molecule has 1 aromatic carbocycles. The SMILES string of the molecule is CCc1c(C(=O)N(C)C)[nH]c(C(=O)OCc2ccccc2)c1C. The van der Waals surface area contributed by atoms with Crippen LogP contribution in [0.25, 0.3) is 0 Å². The van der Waals surface area contributed by atoms with Crippen LogP contribution in [0.4, 0.5) is 0 Å². The largest absolute Gasteiger partial charge is 0.456 e. The Kier molecular flexibility index (Phi) is 5.21. The van der Waals surface area contributed by atoms with E-state index >= 15 is 0 Å². The number of hydrogen-bond acceptors (Lipinski definition) is 3. The first-order chi connectivity index (χ1) is 11.0. The molecule has 1 heterocycles. The molecule has 0 saturated carbocycles. The number of nitrogens with one attached hydrogen (secondary N) is 1. The van der Waals surface area contributed by atoms with Gasteiger partial charge in [0.2, 0.25) is 0 Å². The molecule has 1 aromatic heterocycles. The predicted molar refractivity (Wildman–Crippen MR) is 88.5 cm³/mol. The molecule has 0 aliphatic carbocycles. The van der Waals surface area contributed by atoms with E-state index < -0.39 is 5.97 Å². The van der Waals surface area contributed by atoms with Crippen LogP contribution >= 0.6 is 0 Å². The third-order valence-corrected chi connectivity index (χ3v) is 3.77. The molecule has 0 spiro atoms. The van der Waals surface area contributed by atoms with Crippen molar-refractivity contribution in [2.75, 3.05) is 14.1 Å². The zero-order valence-electron chi connectivity index (χ0n) is 14.0. The number of esters is 1. The molecule has 2 rings (SSSR count). The number of carbonyl (C=O) groups excluding carboxylic acids is 2. The van der Waals surface area contributed by atoms with Crippen molar-refractivity contribution in [1.29, 1.82) is 0 Å². The molecule has 2 aromatic rings. The maximum Gasteiger partial charge on any atom is 0.355 e. The van der Waals surface area contributed by atoms with Crippen LogP contribution in [-0.4, -0.2) is 35.9 Å². The summed E-state index contributed by atoms with van der Waals surface area (Å²) in [6.45, 7) is 4.00. The van der Waals surface area contributed by atoms with E-state index in [4.69, 9.17) is 4.74 Å². The van der Waals surface area contributed by atoms with E-state index in [0.717, 1.165) is 16.7 Å². The lowest BCUT2D eigenvalue weighted by atomic mass is 10.1. The topological polar surface area (TPSA) is 62.4 Å². The van der Waals surface area contributed by atoms with Crippen LogP contribution in [0, 0.1) is 6.92 Å². The van der Waals surface area contributed by atoms with Gasteiger partial charge in [0, 0.05) is 14.1 Å². The number of H-pyrrole nitrogens is 1. The normalized spacial score (nSPS) is 10.4. The van der Waals surface area contributed by atoms with Crippen LogP contribution in [0.15, 0.2) is 30.3 Å². The summed E-state index contributed by atoms with van der Waals surface area (Å²) in [4.78, 5) is 29.0. The zero-order chi connectivity index (χ0) is 17.0. The van der Waals surface area contributed by atoms with Crippen LogP contribution in [0.5, 0.6) is 0 Å². The molecule has 0 saturated heterocycles. The van der Waals surface area contributed by atoms with Gasteiger partial charge in [0.15, 0.2) is 0 Å². The van der Waals surface area contributed by atoms with Gasteiger partial charge in [-0.3, -0.25) is 4.79 Å². The Morgan fingerprint density at radius 3 is 2.35 bits per heavy atom. The first-order valence-corrected chi connectivity index (χ1v) is 7.59. The number of rotatable bonds is 5. The number of nitrogens with zero attached hydrogens (tertiary/aromatic N) is 1. The van der Waals surface area contributed by atoms with E-state index in [-0.39, 0.29) is 12.5 Å². The maximum atomic E-state index is 12.3. The summed E-state index contributed by atoms with van der Waals surface area (Å²) in [6, 6.07) is 9.49. The van der Waals surface area contributed by atoms with Gasteiger partial charge in [-0.1, -0.05) is 37.3 Å². The highest BCUT2D eigenvalue weighted by Gasteiger charge is 2.23. The van der Waals surface area contributed by atoms with Crippen molar-refractivity contribution in [1.82, 2.24) is 9.88 Å². The fourth-order valence-electron chi connectivity index (χ4n) is 2.48. The standard InChI is InChI=1S/C18H22N2O3/c1-5-14-12(2)15(19-16(14)17(21)20(3)4)18(22)23-11-13-9-7-6-8-10-13/h6-10,19H,5,11H2,1-4H3. The Hall–Kier alpha value is -2.56. The number of ether oxygens (including phenoxy) is 1. The molecule has 1 N–H and O–H groups in total. The maximum absolute atomic E-state index is 12.3. The minimum atomic E-state index is -0.446. The summed E-state index contributed by atoms with van der Waals surface area (Å²) in [5.41, 5.74) is 3.36. The molecule has 0 bridgehead atoms. The highest BCUT2D eigenvalue weighted by Crippen LogP contribution is 2.21. The van der Waals surface area contributed by atoms with E-state index in [0.29, 0.717) is 17.8 Å². The van der Waals surface area contributed by atoms with Crippen molar-refractivity contribution in [3.8, 4) is 0 Å². The highest BCUT2D eigenvalue weighted by molar-refractivity contribution is 5.98. The number of aromatic amines is 1.